The molecule has 138 valence electrons. The summed E-state index contributed by atoms with van der Waals surface area (Å²) in [5.74, 6) is 0.0710. The van der Waals surface area contributed by atoms with Gasteiger partial charge in [-0.1, -0.05) is 18.2 Å². The smallest absolute Gasteiger partial charge is 0.279 e. The first-order chi connectivity index (χ1) is 12.0. The summed E-state index contributed by atoms with van der Waals surface area (Å²) >= 11 is 5.40. The van der Waals surface area contributed by atoms with Crippen LogP contribution in [0.5, 0.6) is 0 Å². The molecule has 0 bridgehead atoms. The van der Waals surface area contributed by atoms with Crippen LogP contribution >= 0.6 is 12.2 Å². The number of carbonyl (C=O) groups excluding carboxylic acids is 1. The summed E-state index contributed by atoms with van der Waals surface area (Å²) in [4.78, 5) is 15.8. The molecule has 0 aliphatic carbocycles. The van der Waals surface area contributed by atoms with E-state index in [1.54, 1.807) is 7.11 Å². The number of anilines is 1. The summed E-state index contributed by atoms with van der Waals surface area (Å²) in [5, 5.41) is 7.04. The van der Waals surface area contributed by atoms with Crippen LogP contribution in [0.4, 0.5) is 5.69 Å². The molecular formula is C18H29N4O2S+. The van der Waals surface area contributed by atoms with Crippen LogP contribution in [0.3, 0.4) is 0 Å². The van der Waals surface area contributed by atoms with Crippen molar-refractivity contribution in [2.45, 2.75) is 13.8 Å². The number of ether oxygens (including phenoxy) is 1. The van der Waals surface area contributed by atoms with Crippen molar-refractivity contribution >= 4 is 28.9 Å². The van der Waals surface area contributed by atoms with Crippen molar-refractivity contribution in [3.63, 3.8) is 0 Å². The molecule has 0 aromatic heterocycles. The van der Waals surface area contributed by atoms with Crippen LogP contribution in [0.15, 0.2) is 18.2 Å². The molecule has 25 heavy (non-hydrogen) atoms. The van der Waals surface area contributed by atoms with Gasteiger partial charge in [0.1, 0.15) is 0 Å². The lowest BCUT2D eigenvalue weighted by molar-refractivity contribution is -0.895. The van der Waals surface area contributed by atoms with Crippen LogP contribution in [0, 0.1) is 13.8 Å². The molecule has 1 amide bonds. The lowest BCUT2D eigenvalue weighted by atomic mass is 10.1. The molecule has 1 aromatic carbocycles. The van der Waals surface area contributed by atoms with Crippen molar-refractivity contribution < 1.29 is 14.4 Å². The van der Waals surface area contributed by atoms with Gasteiger partial charge in [0.25, 0.3) is 5.91 Å². The number of piperazine rings is 1. The van der Waals surface area contributed by atoms with Gasteiger partial charge in [-0.2, -0.15) is 0 Å². The summed E-state index contributed by atoms with van der Waals surface area (Å²) in [6.07, 6.45) is 0. The van der Waals surface area contributed by atoms with Gasteiger partial charge in [-0.15, -0.1) is 0 Å². The molecule has 6 nitrogen and oxygen atoms in total. The second-order valence-corrected chi connectivity index (χ2v) is 6.84. The number of amides is 1. The number of nitrogens with one attached hydrogen (secondary N) is 3. The zero-order valence-electron chi connectivity index (χ0n) is 15.4. The van der Waals surface area contributed by atoms with Crippen LogP contribution in [-0.2, 0) is 9.53 Å². The fraction of sp³-hybridized carbons (Fsp3) is 0.556. The third-order valence-electron chi connectivity index (χ3n) is 4.50. The Bertz CT molecular complexity index is 580. The number of nitrogens with zero attached hydrogens (tertiary/aromatic N) is 1. The predicted molar refractivity (Wildman–Crippen MR) is 104 cm³/mol. The number of hydrogen-bond acceptors (Lipinski definition) is 3. The molecule has 0 radical (unpaired) electrons. The average molecular weight is 366 g/mol. The van der Waals surface area contributed by atoms with Crippen LogP contribution in [0.2, 0.25) is 0 Å². The third kappa shape index (κ3) is 5.95. The van der Waals surface area contributed by atoms with Crippen molar-refractivity contribution in [3.05, 3.63) is 29.3 Å². The molecule has 1 aliphatic rings. The number of aryl methyl sites for hydroxylation is 2. The van der Waals surface area contributed by atoms with Crippen molar-refractivity contribution in [1.29, 1.82) is 0 Å². The van der Waals surface area contributed by atoms with Crippen LogP contribution < -0.4 is 15.5 Å². The first-order valence-electron chi connectivity index (χ1n) is 8.72. The maximum Gasteiger partial charge on any atom is 0.279 e. The predicted octanol–water partition coefficient (Wildman–Crippen LogP) is -0.0367. The van der Waals surface area contributed by atoms with Crippen molar-refractivity contribution in [2.75, 3.05) is 58.3 Å². The highest BCUT2D eigenvalue weighted by molar-refractivity contribution is 7.80. The normalized spacial score (nSPS) is 15.1. The van der Waals surface area contributed by atoms with Gasteiger partial charge in [-0.05, 0) is 37.2 Å². The van der Waals surface area contributed by atoms with Crippen molar-refractivity contribution in [3.8, 4) is 0 Å². The third-order valence-corrected chi connectivity index (χ3v) is 4.90. The highest BCUT2D eigenvalue weighted by Gasteiger charge is 2.23. The van der Waals surface area contributed by atoms with E-state index in [1.165, 1.54) is 4.90 Å². The van der Waals surface area contributed by atoms with Gasteiger partial charge in [0.15, 0.2) is 11.7 Å². The number of carbonyl (C=O) groups is 1. The molecule has 0 spiro atoms. The molecule has 1 aliphatic heterocycles. The molecule has 3 N–H and O–H groups in total. The molecule has 2 rings (SSSR count). The van der Waals surface area contributed by atoms with E-state index in [-0.39, 0.29) is 5.91 Å². The summed E-state index contributed by atoms with van der Waals surface area (Å²) in [5.41, 5.74) is 3.13. The standard InChI is InChI=1S/C18H28N4O2S/c1-14-5-4-6-15(2)17(14)20-16(23)13-21-8-10-22(11-9-21)18(25)19-7-12-24-3/h4-6H,7-13H2,1-3H3,(H,19,25)(H,20,23)/p+1. The Hall–Kier alpha value is -1.70. The van der Waals surface area contributed by atoms with E-state index in [9.17, 15) is 4.79 Å². The quantitative estimate of drug-likeness (QED) is 0.488. The van der Waals surface area contributed by atoms with Crippen molar-refractivity contribution in [2.24, 2.45) is 0 Å². The van der Waals surface area contributed by atoms with Gasteiger partial charge < -0.3 is 25.2 Å². The number of benzene rings is 1. The number of para-hydroxylation sites is 1. The fourth-order valence-corrected chi connectivity index (χ4v) is 3.28. The van der Waals surface area contributed by atoms with E-state index >= 15 is 0 Å². The molecule has 0 unspecified atom stereocenters. The zero-order valence-corrected chi connectivity index (χ0v) is 16.2. The Labute approximate surface area is 155 Å². The second kappa shape index (κ2) is 9.70. The summed E-state index contributed by atoms with van der Waals surface area (Å²) < 4.78 is 5.02. The zero-order chi connectivity index (χ0) is 18.2. The Kier molecular flexibility index (Phi) is 7.61. The highest BCUT2D eigenvalue weighted by atomic mass is 32.1. The number of quaternary nitrogens is 1. The summed E-state index contributed by atoms with van der Waals surface area (Å²) in [7, 11) is 1.68. The number of hydrogen-bond donors (Lipinski definition) is 3. The topological polar surface area (TPSA) is 58.0 Å². The van der Waals surface area contributed by atoms with E-state index < -0.39 is 0 Å². The molecule has 1 heterocycles. The van der Waals surface area contributed by atoms with Gasteiger partial charge in [0.05, 0.1) is 32.8 Å². The summed E-state index contributed by atoms with van der Waals surface area (Å²) in [6, 6.07) is 6.05. The minimum Gasteiger partial charge on any atom is -0.383 e. The average Bonchev–Trinajstić information content (AvgIpc) is 2.59. The van der Waals surface area contributed by atoms with Gasteiger partial charge in [0.2, 0.25) is 0 Å². The minimum atomic E-state index is 0.0710. The molecule has 1 saturated heterocycles. The Morgan fingerprint density at radius 1 is 1.28 bits per heavy atom. The first kappa shape index (κ1) is 19.6. The van der Waals surface area contributed by atoms with Gasteiger partial charge in [-0.25, -0.2) is 0 Å². The van der Waals surface area contributed by atoms with Gasteiger partial charge in [0, 0.05) is 19.3 Å². The Morgan fingerprint density at radius 2 is 1.92 bits per heavy atom. The van der Waals surface area contributed by atoms with Crippen LogP contribution in [0.1, 0.15) is 11.1 Å². The van der Waals surface area contributed by atoms with E-state index in [0.29, 0.717) is 13.2 Å². The van der Waals surface area contributed by atoms with E-state index in [0.717, 1.165) is 54.7 Å². The maximum atomic E-state index is 12.4. The Morgan fingerprint density at radius 3 is 2.52 bits per heavy atom. The summed E-state index contributed by atoms with van der Waals surface area (Å²) in [6.45, 7) is 9.45. The number of rotatable bonds is 6. The number of methoxy groups -OCH3 is 1. The SMILES string of the molecule is COCCNC(=S)N1CC[NH+](CC(=O)Nc2c(C)cccc2C)CC1. The molecular weight excluding hydrogens is 336 g/mol. The molecule has 1 fully saturated rings. The van der Waals surface area contributed by atoms with Crippen LogP contribution in [0.25, 0.3) is 0 Å². The highest BCUT2D eigenvalue weighted by Crippen LogP contribution is 2.18. The van der Waals surface area contributed by atoms with Gasteiger partial charge >= 0.3 is 0 Å². The molecule has 1 aromatic rings. The Balaban J connectivity index is 1.76. The minimum absolute atomic E-state index is 0.0710. The maximum absolute atomic E-state index is 12.4. The number of thiocarbonyl (C=S) groups is 1. The van der Waals surface area contributed by atoms with Crippen LogP contribution in [-0.4, -0.2) is 68.9 Å². The van der Waals surface area contributed by atoms with Gasteiger partial charge in [-0.3, -0.25) is 4.79 Å². The molecule has 0 saturated carbocycles. The van der Waals surface area contributed by atoms with Crippen molar-refractivity contribution in [1.82, 2.24) is 10.2 Å². The van der Waals surface area contributed by atoms with E-state index in [2.05, 4.69) is 15.5 Å². The second-order valence-electron chi connectivity index (χ2n) is 6.45. The monoisotopic (exact) mass is 365 g/mol. The molecule has 7 heteroatoms. The van der Waals surface area contributed by atoms with E-state index in [1.807, 2.05) is 32.0 Å². The fourth-order valence-electron chi connectivity index (χ4n) is 3.00. The first-order valence-corrected chi connectivity index (χ1v) is 9.13. The largest absolute Gasteiger partial charge is 0.383 e. The lowest BCUT2D eigenvalue weighted by Gasteiger charge is -2.33. The lowest BCUT2D eigenvalue weighted by Crippen LogP contribution is -3.15. The molecule has 0 atom stereocenters. The van der Waals surface area contributed by atoms with E-state index in [4.69, 9.17) is 17.0 Å².